The molecule has 5 heteroatoms. The number of nitrogens with zero attached hydrogens (tertiary/aromatic N) is 2. The number of aromatic amines is 1. The van der Waals surface area contributed by atoms with Gasteiger partial charge in [-0.3, -0.25) is 0 Å². The van der Waals surface area contributed by atoms with Crippen molar-refractivity contribution in [3.05, 3.63) is 24.3 Å². The van der Waals surface area contributed by atoms with Crippen molar-refractivity contribution in [2.45, 2.75) is 18.4 Å². The number of nitrogens with one attached hydrogen (secondary N) is 2. The summed E-state index contributed by atoms with van der Waals surface area (Å²) in [7, 11) is 4.29. The van der Waals surface area contributed by atoms with E-state index in [2.05, 4.69) is 34.3 Å². The van der Waals surface area contributed by atoms with Crippen LogP contribution in [0.3, 0.4) is 0 Å². The van der Waals surface area contributed by atoms with Crippen molar-refractivity contribution in [1.29, 1.82) is 0 Å². The number of rotatable bonds is 4. The molecule has 0 aliphatic carbocycles. The molecule has 1 saturated heterocycles. The van der Waals surface area contributed by atoms with Crippen LogP contribution in [0.1, 0.15) is 12.8 Å². The van der Waals surface area contributed by atoms with Gasteiger partial charge in [0.1, 0.15) is 0 Å². The standard InChI is InChI=1S/C15H22N4O/c1-19(2)15(7-9-20-10-8-15)11-16-14-17-12-5-3-4-6-13(12)18-14/h3-6H,7-11H2,1-2H3,(H2,16,17,18). The number of hydrogen-bond acceptors (Lipinski definition) is 4. The van der Waals surface area contributed by atoms with Crippen LogP contribution in [0, 0.1) is 0 Å². The molecule has 0 saturated carbocycles. The molecule has 2 N–H and O–H groups in total. The molecule has 1 aliphatic rings. The third kappa shape index (κ3) is 2.51. The number of anilines is 1. The molecule has 1 aromatic heterocycles. The lowest BCUT2D eigenvalue weighted by molar-refractivity contribution is -0.000694. The average Bonchev–Trinajstić information content (AvgIpc) is 2.89. The van der Waals surface area contributed by atoms with Crippen LogP contribution in [0.5, 0.6) is 0 Å². The molecule has 2 aromatic rings. The second kappa shape index (κ2) is 5.42. The molecule has 20 heavy (non-hydrogen) atoms. The van der Waals surface area contributed by atoms with E-state index >= 15 is 0 Å². The van der Waals surface area contributed by atoms with E-state index in [1.165, 1.54) is 0 Å². The minimum atomic E-state index is 0.150. The summed E-state index contributed by atoms with van der Waals surface area (Å²) < 4.78 is 5.50. The van der Waals surface area contributed by atoms with Gasteiger partial charge < -0.3 is 19.9 Å². The van der Waals surface area contributed by atoms with Gasteiger partial charge in [-0.05, 0) is 39.1 Å². The van der Waals surface area contributed by atoms with E-state index in [4.69, 9.17) is 4.74 Å². The molecule has 0 unspecified atom stereocenters. The third-order valence-corrected chi connectivity index (χ3v) is 4.35. The Labute approximate surface area is 119 Å². The summed E-state index contributed by atoms with van der Waals surface area (Å²) in [6, 6.07) is 8.09. The van der Waals surface area contributed by atoms with E-state index in [-0.39, 0.29) is 5.54 Å². The highest BCUT2D eigenvalue weighted by Gasteiger charge is 2.34. The smallest absolute Gasteiger partial charge is 0.201 e. The summed E-state index contributed by atoms with van der Waals surface area (Å²) in [6.07, 6.45) is 2.10. The molecule has 0 amide bonds. The lowest BCUT2D eigenvalue weighted by Gasteiger charge is -2.42. The van der Waals surface area contributed by atoms with Crippen molar-refractivity contribution < 1.29 is 4.74 Å². The normalized spacial score (nSPS) is 18.6. The van der Waals surface area contributed by atoms with Crippen LogP contribution in [0.25, 0.3) is 11.0 Å². The van der Waals surface area contributed by atoms with Crippen LogP contribution in [0.15, 0.2) is 24.3 Å². The Morgan fingerprint density at radius 1 is 1.30 bits per heavy atom. The predicted octanol–water partition coefficient (Wildman–Crippen LogP) is 2.09. The summed E-state index contributed by atoms with van der Waals surface area (Å²) in [5.41, 5.74) is 2.22. The minimum Gasteiger partial charge on any atom is -0.381 e. The van der Waals surface area contributed by atoms with Gasteiger partial charge in [0, 0.05) is 25.3 Å². The van der Waals surface area contributed by atoms with Crippen LogP contribution in [0.4, 0.5) is 5.95 Å². The molecule has 1 aromatic carbocycles. The summed E-state index contributed by atoms with van der Waals surface area (Å²) in [4.78, 5) is 10.2. The summed E-state index contributed by atoms with van der Waals surface area (Å²) in [6.45, 7) is 2.54. The van der Waals surface area contributed by atoms with Gasteiger partial charge >= 0.3 is 0 Å². The van der Waals surface area contributed by atoms with E-state index in [1.54, 1.807) is 0 Å². The molecule has 0 bridgehead atoms. The zero-order valence-corrected chi connectivity index (χ0v) is 12.1. The minimum absolute atomic E-state index is 0.150. The second-order valence-electron chi connectivity index (χ2n) is 5.69. The molecule has 3 rings (SSSR count). The molecule has 0 radical (unpaired) electrons. The monoisotopic (exact) mass is 274 g/mol. The molecule has 0 spiro atoms. The van der Waals surface area contributed by atoms with Crippen molar-refractivity contribution >= 4 is 17.0 Å². The molecule has 1 aliphatic heterocycles. The maximum atomic E-state index is 5.50. The highest BCUT2D eigenvalue weighted by Crippen LogP contribution is 2.26. The first-order valence-corrected chi connectivity index (χ1v) is 7.13. The highest BCUT2D eigenvalue weighted by molar-refractivity contribution is 5.77. The molecule has 2 heterocycles. The third-order valence-electron chi connectivity index (χ3n) is 4.35. The first-order chi connectivity index (χ1) is 9.70. The number of ether oxygens (including phenoxy) is 1. The van der Waals surface area contributed by atoms with Crippen molar-refractivity contribution in [2.24, 2.45) is 0 Å². The first kappa shape index (κ1) is 13.4. The number of fused-ring (bicyclic) bond motifs is 1. The van der Waals surface area contributed by atoms with Crippen molar-refractivity contribution in [3.63, 3.8) is 0 Å². The summed E-state index contributed by atoms with van der Waals surface area (Å²) >= 11 is 0. The van der Waals surface area contributed by atoms with Gasteiger partial charge in [0.15, 0.2) is 0 Å². The Balaban J connectivity index is 1.73. The Bertz CT molecular complexity index is 539. The lowest BCUT2D eigenvalue weighted by atomic mass is 9.88. The molecule has 108 valence electrons. The van der Waals surface area contributed by atoms with Gasteiger partial charge in [0.25, 0.3) is 0 Å². The lowest BCUT2D eigenvalue weighted by Crippen LogP contribution is -2.53. The van der Waals surface area contributed by atoms with Crippen LogP contribution >= 0.6 is 0 Å². The van der Waals surface area contributed by atoms with E-state index in [9.17, 15) is 0 Å². The number of hydrogen-bond donors (Lipinski definition) is 2. The summed E-state index contributed by atoms with van der Waals surface area (Å²) in [5.74, 6) is 0.846. The first-order valence-electron chi connectivity index (χ1n) is 7.13. The number of benzene rings is 1. The molecular formula is C15H22N4O. The topological polar surface area (TPSA) is 53.2 Å². The van der Waals surface area contributed by atoms with E-state index in [0.717, 1.165) is 49.6 Å². The number of H-pyrrole nitrogens is 1. The van der Waals surface area contributed by atoms with E-state index in [0.29, 0.717) is 0 Å². The fourth-order valence-electron chi connectivity index (χ4n) is 2.82. The van der Waals surface area contributed by atoms with Crippen molar-refractivity contribution in [2.75, 3.05) is 39.2 Å². The highest BCUT2D eigenvalue weighted by atomic mass is 16.5. The van der Waals surface area contributed by atoms with Crippen molar-refractivity contribution in [3.8, 4) is 0 Å². The number of para-hydroxylation sites is 2. The van der Waals surface area contributed by atoms with Gasteiger partial charge in [-0.15, -0.1) is 0 Å². The summed E-state index contributed by atoms with van der Waals surface area (Å²) in [5, 5.41) is 3.46. The Kier molecular flexibility index (Phi) is 3.63. The largest absolute Gasteiger partial charge is 0.381 e. The number of aromatic nitrogens is 2. The Hall–Kier alpha value is -1.59. The number of imidazole rings is 1. The molecule has 1 fully saturated rings. The van der Waals surface area contributed by atoms with Crippen LogP contribution < -0.4 is 5.32 Å². The quantitative estimate of drug-likeness (QED) is 0.896. The maximum absolute atomic E-state index is 5.50. The van der Waals surface area contributed by atoms with Gasteiger partial charge in [-0.2, -0.15) is 0 Å². The maximum Gasteiger partial charge on any atom is 0.201 e. The van der Waals surface area contributed by atoms with E-state index < -0.39 is 0 Å². The Morgan fingerprint density at radius 2 is 2.05 bits per heavy atom. The van der Waals surface area contributed by atoms with Crippen LogP contribution in [0.2, 0.25) is 0 Å². The van der Waals surface area contributed by atoms with Gasteiger partial charge in [-0.25, -0.2) is 4.98 Å². The zero-order valence-electron chi connectivity index (χ0n) is 12.1. The molecule has 5 nitrogen and oxygen atoms in total. The SMILES string of the molecule is CN(C)C1(CNc2nc3ccccc3[nH]2)CCOCC1. The zero-order chi connectivity index (χ0) is 14.0. The van der Waals surface area contributed by atoms with Gasteiger partial charge in [0.05, 0.1) is 11.0 Å². The fraction of sp³-hybridized carbons (Fsp3) is 0.533. The van der Waals surface area contributed by atoms with Gasteiger partial charge in [-0.1, -0.05) is 12.1 Å². The van der Waals surface area contributed by atoms with Crippen molar-refractivity contribution in [1.82, 2.24) is 14.9 Å². The fourth-order valence-corrected chi connectivity index (χ4v) is 2.82. The van der Waals surface area contributed by atoms with Crippen LogP contribution in [-0.4, -0.2) is 54.3 Å². The van der Waals surface area contributed by atoms with Gasteiger partial charge in [0.2, 0.25) is 5.95 Å². The predicted molar refractivity (Wildman–Crippen MR) is 81.1 cm³/mol. The number of likely N-dealkylation sites (N-methyl/N-ethyl adjacent to an activating group) is 1. The van der Waals surface area contributed by atoms with Crippen LogP contribution in [-0.2, 0) is 4.74 Å². The Morgan fingerprint density at radius 3 is 2.75 bits per heavy atom. The molecular weight excluding hydrogens is 252 g/mol. The molecule has 0 atom stereocenters. The second-order valence-corrected chi connectivity index (χ2v) is 5.69. The average molecular weight is 274 g/mol. The van der Waals surface area contributed by atoms with E-state index in [1.807, 2.05) is 24.3 Å².